The van der Waals surface area contributed by atoms with Crippen LogP contribution in [-0.4, -0.2) is 35.9 Å². The molecule has 0 saturated carbocycles. The highest BCUT2D eigenvalue weighted by atomic mass is 32.2. The van der Waals surface area contributed by atoms with Crippen LogP contribution < -0.4 is 11.1 Å². The molecule has 1 unspecified atom stereocenters. The Hall–Kier alpha value is -1.48. The lowest BCUT2D eigenvalue weighted by atomic mass is 10.2. The summed E-state index contributed by atoms with van der Waals surface area (Å²) in [5.41, 5.74) is 8.03. The number of benzene rings is 1. The Morgan fingerprint density at radius 1 is 1.50 bits per heavy atom. The van der Waals surface area contributed by atoms with Crippen LogP contribution in [0.5, 0.6) is 0 Å². The number of carbonyl (C=O) groups excluding carboxylic acids is 1. The van der Waals surface area contributed by atoms with Crippen molar-refractivity contribution < 1.29 is 9.53 Å². The van der Waals surface area contributed by atoms with Crippen LogP contribution >= 0.6 is 23.1 Å². The molecule has 2 rings (SSSR count). The van der Waals surface area contributed by atoms with Gasteiger partial charge in [0.05, 0.1) is 6.61 Å². The number of carbonyl (C=O) groups is 1. The van der Waals surface area contributed by atoms with E-state index in [1.165, 1.54) is 30.2 Å². The van der Waals surface area contributed by atoms with Crippen LogP contribution in [0.25, 0.3) is 0 Å². The molecule has 0 bridgehead atoms. The number of hydrogen-bond acceptors (Lipinski definition) is 7. The molecule has 6 nitrogen and oxygen atoms in total. The molecule has 0 radical (unpaired) electrons. The Labute approximate surface area is 124 Å². The fraction of sp³-hybridized carbons (Fsp3) is 0.250. The zero-order valence-electron chi connectivity index (χ0n) is 10.8. The molecule has 0 aliphatic heterocycles. The molecule has 0 aliphatic rings. The first-order chi connectivity index (χ1) is 9.69. The Morgan fingerprint density at radius 2 is 2.25 bits per heavy atom. The predicted molar refractivity (Wildman–Crippen MR) is 79.0 cm³/mol. The largest absolute Gasteiger partial charge is 0.383 e. The Kier molecular flexibility index (Phi) is 5.48. The maximum absolute atomic E-state index is 11.7. The van der Waals surface area contributed by atoms with E-state index < -0.39 is 6.04 Å². The van der Waals surface area contributed by atoms with Crippen LogP contribution in [0.1, 0.15) is 0 Å². The summed E-state index contributed by atoms with van der Waals surface area (Å²) in [4.78, 5) is 12.7. The quantitative estimate of drug-likeness (QED) is 0.842. The number of nitrogens with one attached hydrogen (secondary N) is 1. The SMILES string of the molecule is COCC(N)C(=O)Nc1ccc(Sc2nncs2)cc1. The molecule has 20 heavy (non-hydrogen) atoms. The molecule has 3 N–H and O–H groups in total. The fourth-order valence-electron chi connectivity index (χ4n) is 1.40. The number of nitrogens with zero attached hydrogens (tertiary/aromatic N) is 2. The first-order valence-corrected chi connectivity index (χ1v) is 7.48. The molecule has 1 aromatic carbocycles. The van der Waals surface area contributed by atoms with Crippen LogP contribution in [0.4, 0.5) is 5.69 Å². The van der Waals surface area contributed by atoms with Gasteiger partial charge in [0.1, 0.15) is 11.6 Å². The first-order valence-electron chi connectivity index (χ1n) is 5.78. The molecule has 0 fully saturated rings. The second kappa shape index (κ2) is 7.34. The van der Waals surface area contributed by atoms with Gasteiger partial charge in [0.25, 0.3) is 0 Å². The first kappa shape index (κ1) is 14.9. The van der Waals surface area contributed by atoms with Gasteiger partial charge >= 0.3 is 0 Å². The van der Waals surface area contributed by atoms with E-state index in [0.29, 0.717) is 5.69 Å². The number of anilines is 1. The highest BCUT2D eigenvalue weighted by Crippen LogP contribution is 2.29. The summed E-state index contributed by atoms with van der Waals surface area (Å²) in [6.07, 6.45) is 0. The van der Waals surface area contributed by atoms with Crippen molar-refractivity contribution in [2.45, 2.75) is 15.3 Å². The van der Waals surface area contributed by atoms with Gasteiger partial charge in [-0.3, -0.25) is 4.79 Å². The maximum Gasteiger partial charge on any atom is 0.243 e. The Balaban J connectivity index is 1.93. The molecule has 1 atom stereocenters. The van der Waals surface area contributed by atoms with Gasteiger partial charge in [-0.05, 0) is 24.3 Å². The van der Waals surface area contributed by atoms with Gasteiger partial charge in [-0.2, -0.15) is 0 Å². The van der Waals surface area contributed by atoms with Crippen LogP contribution in [0, 0.1) is 0 Å². The Morgan fingerprint density at radius 3 is 2.85 bits per heavy atom. The van der Waals surface area contributed by atoms with Crippen molar-refractivity contribution in [3.8, 4) is 0 Å². The number of rotatable bonds is 6. The molecule has 1 heterocycles. The van der Waals surface area contributed by atoms with E-state index >= 15 is 0 Å². The number of hydrogen-bond donors (Lipinski definition) is 2. The lowest BCUT2D eigenvalue weighted by Gasteiger charge is -2.11. The van der Waals surface area contributed by atoms with Gasteiger partial charge in [0.15, 0.2) is 4.34 Å². The normalized spacial score (nSPS) is 12.1. The van der Waals surface area contributed by atoms with Gasteiger partial charge in [-0.1, -0.05) is 23.1 Å². The molecule has 1 amide bonds. The number of amides is 1. The van der Waals surface area contributed by atoms with Crippen LogP contribution in [-0.2, 0) is 9.53 Å². The molecule has 2 aromatic rings. The molecule has 1 aromatic heterocycles. The monoisotopic (exact) mass is 310 g/mol. The number of ether oxygens (including phenoxy) is 1. The van der Waals surface area contributed by atoms with Gasteiger partial charge in [-0.15, -0.1) is 10.2 Å². The summed E-state index contributed by atoms with van der Waals surface area (Å²) in [5.74, 6) is -0.267. The minimum atomic E-state index is -0.671. The fourth-order valence-corrected chi connectivity index (χ4v) is 2.86. The molecule has 0 aliphatic carbocycles. The highest BCUT2D eigenvalue weighted by molar-refractivity contribution is 8.01. The zero-order valence-corrected chi connectivity index (χ0v) is 12.4. The molecule has 0 spiro atoms. The summed E-state index contributed by atoms with van der Waals surface area (Å²) in [5, 5.41) is 10.5. The summed E-state index contributed by atoms with van der Waals surface area (Å²) in [6, 6.07) is 6.78. The van der Waals surface area contributed by atoms with Crippen LogP contribution in [0.2, 0.25) is 0 Å². The van der Waals surface area contributed by atoms with Crippen LogP contribution in [0.3, 0.4) is 0 Å². The second-order valence-electron chi connectivity index (χ2n) is 3.88. The van der Waals surface area contributed by atoms with E-state index in [2.05, 4.69) is 15.5 Å². The minimum Gasteiger partial charge on any atom is -0.383 e. The average molecular weight is 310 g/mol. The van der Waals surface area contributed by atoms with Gasteiger partial charge in [-0.25, -0.2) is 0 Å². The summed E-state index contributed by atoms with van der Waals surface area (Å²) in [7, 11) is 1.51. The van der Waals surface area contributed by atoms with Crippen molar-refractivity contribution in [3.05, 3.63) is 29.8 Å². The van der Waals surface area contributed by atoms with Gasteiger partial charge in [0, 0.05) is 17.7 Å². The third-order valence-electron chi connectivity index (χ3n) is 2.35. The number of nitrogens with two attached hydrogens (primary N) is 1. The maximum atomic E-state index is 11.7. The van der Waals surface area contributed by atoms with Gasteiger partial charge < -0.3 is 15.8 Å². The number of aromatic nitrogens is 2. The zero-order chi connectivity index (χ0) is 14.4. The average Bonchev–Trinajstić information content (AvgIpc) is 2.94. The molecule has 106 valence electrons. The molecular weight excluding hydrogens is 296 g/mol. The van der Waals surface area contributed by atoms with Crippen molar-refractivity contribution in [3.63, 3.8) is 0 Å². The summed E-state index contributed by atoms with van der Waals surface area (Å²) < 4.78 is 5.72. The third-order valence-corrected chi connectivity index (χ3v) is 4.14. The van der Waals surface area contributed by atoms with Crippen molar-refractivity contribution in [2.75, 3.05) is 19.0 Å². The predicted octanol–water partition coefficient (Wildman–Crippen LogP) is 1.60. The lowest BCUT2D eigenvalue weighted by molar-refractivity contribution is -0.118. The van der Waals surface area contributed by atoms with E-state index in [9.17, 15) is 4.79 Å². The smallest absolute Gasteiger partial charge is 0.243 e. The topological polar surface area (TPSA) is 90.1 Å². The van der Waals surface area contributed by atoms with E-state index in [1.54, 1.807) is 5.51 Å². The van der Waals surface area contributed by atoms with E-state index in [-0.39, 0.29) is 12.5 Å². The Bertz CT molecular complexity index is 545. The molecule has 8 heteroatoms. The molecule has 0 saturated heterocycles. The van der Waals surface area contributed by atoms with Gasteiger partial charge in [0.2, 0.25) is 5.91 Å². The van der Waals surface area contributed by atoms with E-state index in [1.807, 2.05) is 24.3 Å². The van der Waals surface area contributed by atoms with Crippen molar-refractivity contribution in [1.29, 1.82) is 0 Å². The third kappa shape index (κ3) is 4.27. The van der Waals surface area contributed by atoms with E-state index in [0.717, 1.165) is 9.24 Å². The van der Waals surface area contributed by atoms with Crippen molar-refractivity contribution in [2.24, 2.45) is 5.73 Å². The standard InChI is InChI=1S/C12H14N4O2S2/c1-18-6-10(13)11(17)15-8-2-4-9(5-3-8)20-12-16-14-7-19-12/h2-5,7,10H,6,13H2,1H3,(H,15,17). The molecular formula is C12H14N4O2S2. The van der Waals surface area contributed by atoms with Crippen molar-refractivity contribution >= 4 is 34.7 Å². The lowest BCUT2D eigenvalue weighted by Crippen LogP contribution is -2.39. The van der Waals surface area contributed by atoms with Crippen molar-refractivity contribution in [1.82, 2.24) is 10.2 Å². The minimum absolute atomic E-state index is 0.191. The number of methoxy groups -OCH3 is 1. The van der Waals surface area contributed by atoms with Crippen LogP contribution in [0.15, 0.2) is 39.0 Å². The second-order valence-corrected chi connectivity index (χ2v) is 6.04. The summed E-state index contributed by atoms with van der Waals surface area (Å²) >= 11 is 3.01. The highest BCUT2D eigenvalue weighted by Gasteiger charge is 2.12. The van der Waals surface area contributed by atoms with E-state index in [4.69, 9.17) is 10.5 Å². The summed E-state index contributed by atoms with van der Waals surface area (Å²) in [6.45, 7) is 0.191.